The van der Waals surface area contributed by atoms with E-state index in [2.05, 4.69) is 10.1 Å². The van der Waals surface area contributed by atoms with Gasteiger partial charge in [0.25, 0.3) is 5.91 Å². The van der Waals surface area contributed by atoms with Gasteiger partial charge < -0.3 is 9.42 Å². The molecule has 0 radical (unpaired) electrons. The lowest BCUT2D eigenvalue weighted by Gasteiger charge is -2.15. The summed E-state index contributed by atoms with van der Waals surface area (Å²) >= 11 is 0. The van der Waals surface area contributed by atoms with Crippen LogP contribution in [0.3, 0.4) is 0 Å². The fourth-order valence-electron chi connectivity index (χ4n) is 3.56. The smallest absolute Gasteiger partial charge is 0.253 e. The molecule has 1 amide bonds. The summed E-state index contributed by atoms with van der Waals surface area (Å²) in [6.45, 7) is 1.74. The summed E-state index contributed by atoms with van der Waals surface area (Å²) in [5.74, 6) is 1.92. The molecular weight excluding hydrogens is 290 g/mol. The highest BCUT2D eigenvalue weighted by Gasteiger charge is 2.23. The number of aromatic nitrogens is 2. The highest BCUT2D eigenvalue weighted by atomic mass is 16.5. The second-order valence-corrected chi connectivity index (χ2v) is 6.51. The minimum Gasteiger partial charge on any atom is -0.339 e. The maximum Gasteiger partial charge on any atom is 0.253 e. The van der Waals surface area contributed by atoms with Crippen molar-refractivity contribution in [2.75, 3.05) is 13.1 Å². The second-order valence-electron chi connectivity index (χ2n) is 6.51. The molecule has 1 aromatic heterocycles. The highest BCUT2D eigenvalue weighted by molar-refractivity contribution is 5.94. The molecule has 0 unspecified atom stereocenters. The summed E-state index contributed by atoms with van der Waals surface area (Å²) < 4.78 is 5.43. The first-order chi connectivity index (χ1) is 11.3. The van der Waals surface area contributed by atoms with Crippen molar-refractivity contribution in [3.05, 3.63) is 35.7 Å². The molecule has 1 aliphatic carbocycles. The number of likely N-dealkylation sites (tertiary alicyclic amines) is 1. The van der Waals surface area contributed by atoms with Gasteiger partial charge in [0.15, 0.2) is 0 Å². The molecule has 120 valence electrons. The van der Waals surface area contributed by atoms with Crippen LogP contribution < -0.4 is 0 Å². The fourth-order valence-corrected chi connectivity index (χ4v) is 3.56. The molecule has 2 fully saturated rings. The van der Waals surface area contributed by atoms with E-state index in [-0.39, 0.29) is 5.91 Å². The Kier molecular flexibility index (Phi) is 3.85. The van der Waals surface area contributed by atoms with Crippen LogP contribution in [0.25, 0.3) is 11.4 Å². The number of amides is 1. The van der Waals surface area contributed by atoms with Gasteiger partial charge in [-0.15, -0.1) is 0 Å². The van der Waals surface area contributed by atoms with Crippen LogP contribution in [0.15, 0.2) is 28.8 Å². The van der Waals surface area contributed by atoms with Gasteiger partial charge in [-0.1, -0.05) is 30.1 Å². The molecule has 23 heavy (non-hydrogen) atoms. The van der Waals surface area contributed by atoms with Gasteiger partial charge >= 0.3 is 0 Å². The second kappa shape index (κ2) is 6.14. The Morgan fingerprint density at radius 1 is 1.04 bits per heavy atom. The molecule has 1 aromatic carbocycles. The van der Waals surface area contributed by atoms with Crippen LogP contribution in [-0.2, 0) is 0 Å². The molecule has 2 aromatic rings. The predicted molar refractivity (Wildman–Crippen MR) is 86.1 cm³/mol. The van der Waals surface area contributed by atoms with Crippen molar-refractivity contribution in [1.82, 2.24) is 15.0 Å². The zero-order chi connectivity index (χ0) is 15.6. The van der Waals surface area contributed by atoms with Gasteiger partial charge in [0.05, 0.1) is 0 Å². The Hall–Kier alpha value is -2.17. The molecule has 5 nitrogen and oxygen atoms in total. The van der Waals surface area contributed by atoms with Gasteiger partial charge in [-0.3, -0.25) is 4.79 Å². The number of carbonyl (C=O) groups is 1. The first-order valence-corrected chi connectivity index (χ1v) is 8.54. The van der Waals surface area contributed by atoms with E-state index in [1.54, 1.807) is 0 Å². The van der Waals surface area contributed by atoms with Gasteiger partial charge in [-0.25, -0.2) is 0 Å². The summed E-state index contributed by atoms with van der Waals surface area (Å²) in [4.78, 5) is 18.8. The average Bonchev–Trinajstić information content (AvgIpc) is 3.36. The number of nitrogens with zero attached hydrogens (tertiary/aromatic N) is 3. The Morgan fingerprint density at radius 2 is 1.74 bits per heavy atom. The third-order valence-corrected chi connectivity index (χ3v) is 4.93. The van der Waals surface area contributed by atoms with E-state index < -0.39 is 0 Å². The SMILES string of the molecule is O=C(c1ccc(-c2noc(C3CCCC3)n2)cc1)N1CCCC1. The van der Waals surface area contributed by atoms with E-state index in [4.69, 9.17) is 4.52 Å². The molecule has 0 atom stereocenters. The summed E-state index contributed by atoms with van der Waals surface area (Å²) in [6.07, 6.45) is 6.99. The van der Waals surface area contributed by atoms with Gasteiger partial charge in [-0.2, -0.15) is 4.98 Å². The molecule has 2 heterocycles. The molecule has 2 aliphatic rings. The summed E-state index contributed by atoms with van der Waals surface area (Å²) in [5, 5.41) is 4.10. The lowest BCUT2D eigenvalue weighted by atomic mass is 10.1. The van der Waals surface area contributed by atoms with Crippen LogP contribution in [0.4, 0.5) is 0 Å². The minimum atomic E-state index is 0.119. The Balaban J connectivity index is 1.50. The Bertz CT molecular complexity index is 681. The van der Waals surface area contributed by atoms with Crippen LogP contribution in [0.5, 0.6) is 0 Å². The Morgan fingerprint density at radius 3 is 2.43 bits per heavy atom. The summed E-state index contributed by atoms with van der Waals surface area (Å²) in [7, 11) is 0. The van der Waals surface area contributed by atoms with Crippen LogP contribution in [0, 0.1) is 0 Å². The third kappa shape index (κ3) is 2.87. The van der Waals surface area contributed by atoms with E-state index in [9.17, 15) is 4.79 Å². The van der Waals surface area contributed by atoms with Crippen molar-refractivity contribution in [1.29, 1.82) is 0 Å². The highest BCUT2D eigenvalue weighted by Crippen LogP contribution is 2.33. The molecule has 1 saturated carbocycles. The lowest BCUT2D eigenvalue weighted by molar-refractivity contribution is 0.0793. The minimum absolute atomic E-state index is 0.119. The first kappa shape index (κ1) is 14.4. The van der Waals surface area contributed by atoms with Crippen LogP contribution in [-0.4, -0.2) is 34.0 Å². The van der Waals surface area contributed by atoms with Crippen molar-refractivity contribution >= 4 is 5.91 Å². The van der Waals surface area contributed by atoms with Crippen molar-refractivity contribution in [2.45, 2.75) is 44.4 Å². The van der Waals surface area contributed by atoms with E-state index in [0.717, 1.165) is 55.8 Å². The lowest BCUT2D eigenvalue weighted by Crippen LogP contribution is -2.27. The van der Waals surface area contributed by atoms with Gasteiger partial charge in [0, 0.05) is 30.1 Å². The zero-order valence-corrected chi connectivity index (χ0v) is 13.2. The number of hydrogen-bond acceptors (Lipinski definition) is 4. The van der Waals surface area contributed by atoms with E-state index in [0.29, 0.717) is 11.7 Å². The number of hydrogen-bond donors (Lipinski definition) is 0. The molecule has 0 N–H and O–H groups in total. The largest absolute Gasteiger partial charge is 0.339 e. The quantitative estimate of drug-likeness (QED) is 0.868. The zero-order valence-electron chi connectivity index (χ0n) is 13.2. The maximum absolute atomic E-state index is 12.3. The van der Waals surface area contributed by atoms with E-state index in [1.165, 1.54) is 12.8 Å². The molecular formula is C18H21N3O2. The monoisotopic (exact) mass is 311 g/mol. The molecule has 1 aliphatic heterocycles. The van der Waals surface area contributed by atoms with Gasteiger partial charge in [0.2, 0.25) is 11.7 Å². The Labute approximate surface area is 135 Å². The van der Waals surface area contributed by atoms with Crippen LogP contribution >= 0.6 is 0 Å². The van der Waals surface area contributed by atoms with Gasteiger partial charge in [0.1, 0.15) is 0 Å². The number of benzene rings is 1. The predicted octanol–water partition coefficient (Wildman–Crippen LogP) is 3.63. The molecule has 4 rings (SSSR count). The topological polar surface area (TPSA) is 59.2 Å². The molecule has 0 spiro atoms. The van der Waals surface area contributed by atoms with Crippen molar-refractivity contribution in [3.8, 4) is 11.4 Å². The van der Waals surface area contributed by atoms with Crippen molar-refractivity contribution in [2.24, 2.45) is 0 Å². The standard InChI is InChI=1S/C18H21N3O2/c22-18(21-11-3-4-12-21)15-9-7-13(8-10-15)16-19-17(23-20-16)14-5-1-2-6-14/h7-10,14H,1-6,11-12H2. The average molecular weight is 311 g/mol. The van der Waals surface area contributed by atoms with Crippen molar-refractivity contribution in [3.63, 3.8) is 0 Å². The number of rotatable bonds is 3. The molecule has 5 heteroatoms. The summed E-state index contributed by atoms with van der Waals surface area (Å²) in [6, 6.07) is 7.54. The van der Waals surface area contributed by atoms with E-state index in [1.807, 2.05) is 29.2 Å². The van der Waals surface area contributed by atoms with Crippen molar-refractivity contribution < 1.29 is 9.32 Å². The maximum atomic E-state index is 12.3. The van der Waals surface area contributed by atoms with Gasteiger partial charge in [-0.05, 0) is 37.8 Å². The summed E-state index contributed by atoms with van der Waals surface area (Å²) in [5.41, 5.74) is 1.63. The normalized spacial score (nSPS) is 18.7. The molecule has 1 saturated heterocycles. The molecule has 0 bridgehead atoms. The van der Waals surface area contributed by atoms with Crippen LogP contribution in [0.1, 0.15) is 60.7 Å². The third-order valence-electron chi connectivity index (χ3n) is 4.93. The first-order valence-electron chi connectivity index (χ1n) is 8.54. The van der Waals surface area contributed by atoms with Crippen LogP contribution in [0.2, 0.25) is 0 Å². The van der Waals surface area contributed by atoms with E-state index >= 15 is 0 Å². The fraction of sp³-hybridized carbons (Fsp3) is 0.500. The number of carbonyl (C=O) groups excluding carboxylic acids is 1.